The number of anilines is 1. The lowest BCUT2D eigenvalue weighted by atomic mass is 10.2. The molecule has 1 rings (SSSR count). The van der Waals surface area contributed by atoms with Gasteiger partial charge in [-0.05, 0) is 25.5 Å². The molecule has 0 radical (unpaired) electrons. The summed E-state index contributed by atoms with van der Waals surface area (Å²) in [5, 5.41) is 13.5. The summed E-state index contributed by atoms with van der Waals surface area (Å²) in [5.74, 6) is 0. The van der Waals surface area contributed by atoms with Crippen molar-refractivity contribution in [2.75, 3.05) is 11.9 Å². The van der Waals surface area contributed by atoms with Gasteiger partial charge in [-0.25, -0.2) is 0 Å². The van der Waals surface area contributed by atoms with E-state index in [2.05, 4.69) is 5.32 Å². The van der Waals surface area contributed by atoms with E-state index in [1.807, 2.05) is 13.8 Å². The average molecular weight is 180 g/mol. The van der Waals surface area contributed by atoms with E-state index in [0.29, 0.717) is 0 Å². The lowest BCUT2D eigenvalue weighted by Crippen LogP contribution is -1.99. The number of nitrogens with zero attached hydrogens (tertiary/aromatic N) is 1. The van der Waals surface area contributed by atoms with Gasteiger partial charge >= 0.3 is 0 Å². The lowest BCUT2D eigenvalue weighted by Gasteiger charge is -2.05. The fourth-order valence-electron chi connectivity index (χ4n) is 1.15. The predicted octanol–water partition coefficient (Wildman–Crippen LogP) is 2.34. The average Bonchev–Trinajstić information content (AvgIpc) is 2.08. The molecule has 0 fully saturated rings. The van der Waals surface area contributed by atoms with Crippen molar-refractivity contribution in [3.8, 4) is 0 Å². The molecule has 0 bridgehead atoms. The molecule has 1 aromatic carbocycles. The molecule has 0 spiro atoms. The van der Waals surface area contributed by atoms with E-state index >= 15 is 0 Å². The minimum atomic E-state index is -0.386. The third-order valence-electron chi connectivity index (χ3n) is 1.79. The summed E-state index contributed by atoms with van der Waals surface area (Å²) in [6, 6.07) is 4.81. The largest absolute Gasteiger partial charge is 0.385 e. The van der Waals surface area contributed by atoms with E-state index in [4.69, 9.17) is 0 Å². The normalized spacial score (nSPS) is 9.69. The summed E-state index contributed by atoms with van der Waals surface area (Å²) in [7, 11) is 0. The molecule has 0 atom stereocenters. The molecule has 70 valence electrons. The number of nitro benzene ring substituents is 1. The number of non-ortho nitro benzene ring substituents is 1. The second-order valence-electron chi connectivity index (χ2n) is 2.79. The Morgan fingerprint density at radius 3 is 2.69 bits per heavy atom. The molecule has 0 aliphatic heterocycles. The van der Waals surface area contributed by atoms with Crippen LogP contribution in [0.1, 0.15) is 12.5 Å². The van der Waals surface area contributed by atoms with Crippen molar-refractivity contribution in [2.24, 2.45) is 0 Å². The summed E-state index contributed by atoms with van der Waals surface area (Å²) >= 11 is 0. The van der Waals surface area contributed by atoms with Gasteiger partial charge < -0.3 is 5.32 Å². The molecule has 0 amide bonds. The molecule has 13 heavy (non-hydrogen) atoms. The first-order valence-electron chi connectivity index (χ1n) is 4.14. The van der Waals surface area contributed by atoms with Crippen LogP contribution < -0.4 is 5.32 Å². The van der Waals surface area contributed by atoms with Crippen molar-refractivity contribution in [3.05, 3.63) is 33.9 Å². The number of rotatable bonds is 3. The molecule has 4 nitrogen and oxygen atoms in total. The van der Waals surface area contributed by atoms with Gasteiger partial charge in [0.25, 0.3) is 5.69 Å². The SMILES string of the molecule is CCNc1ccc([N+](=O)[O-])cc1C. The third kappa shape index (κ3) is 2.18. The predicted molar refractivity (Wildman–Crippen MR) is 52.0 cm³/mol. The molecule has 0 unspecified atom stereocenters. The van der Waals surface area contributed by atoms with Gasteiger partial charge in [-0.1, -0.05) is 0 Å². The molecule has 0 aliphatic rings. The topological polar surface area (TPSA) is 55.2 Å². The number of aryl methyl sites for hydroxylation is 1. The van der Waals surface area contributed by atoms with Crippen LogP contribution in [0.4, 0.5) is 11.4 Å². The lowest BCUT2D eigenvalue weighted by molar-refractivity contribution is -0.384. The summed E-state index contributed by atoms with van der Waals surface area (Å²) in [5.41, 5.74) is 1.99. The van der Waals surface area contributed by atoms with Crippen molar-refractivity contribution < 1.29 is 4.92 Å². The molecule has 0 aliphatic carbocycles. The van der Waals surface area contributed by atoms with Crippen molar-refractivity contribution in [1.29, 1.82) is 0 Å². The van der Waals surface area contributed by atoms with Gasteiger partial charge in [0.05, 0.1) is 4.92 Å². The van der Waals surface area contributed by atoms with Crippen LogP contribution in [0.5, 0.6) is 0 Å². The van der Waals surface area contributed by atoms with Crippen molar-refractivity contribution in [3.63, 3.8) is 0 Å². The zero-order valence-electron chi connectivity index (χ0n) is 7.70. The Labute approximate surface area is 76.7 Å². The molecule has 1 aromatic rings. The Bertz CT molecular complexity index is 323. The Balaban J connectivity index is 2.98. The van der Waals surface area contributed by atoms with Gasteiger partial charge in [0.1, 0.15) is 0 Å². The second kappa shape index (κ2) is 3.89. The van der Waals surface area contributed by atoms with E-state index in [9.17, 15) is 10.1 Å². The Morgan fingerprint density at radius 1 is 1.54 bits per heavy atom. The van der Waals surface area contributed by atoms with E-state index < -0.39 is 0 Å². The quantitative estimate of drug-likeness (QED) is 0.573. The van der Waals surface area contributed by atoms with Crippen LogP contribution >= 0.6 is 0 Å². The summed E-state index contributed by atoms with van der Waals surface area (Å²) in [6.45, 7) is 4.66. The van der Waals surface area contributed by atoms with E-state index in [1.54, 1.807) is 12.1 Å². The molecular weight excluding hydrogens is 168 g/mol. The van der Waals surface area contributed by atoms with Gasteiger partial charge in [0, 0.05) is 24.4 Å². The number of nitro groups is 1. The van der Waals surface area contributed by atoms with Gasteiger partial charge in [-0.15, -0.1) is 0 Å². The summed E-state index contributed by atoms with van der Waals surface area (Å²) in [4.78, 5) is 10.0. The molecule has 4 heteroatoms. The highest BCUT2D eigenvalue weighted by Gasteiger charge is 2.06. The maximum absolute atomic E-state index is 10.4. The number of hydrogen-bond donors (Lipinski definition) is 1. The second-order valence-corrected chi connectivity index (χ2v) is 2.79. The van der Waals surface area contributed by atoms with Crippen molar-refractivity contribution in [1.82, 2.24) is 0 Å². The first-order chi connectivity index (χ1) is 6.15. The van der Waals surface area contributed by atoms with E-state index in [0.717, 1.165) is 17.8 Å². The summed E-state index contributed by atoms with van der Waals surface area (Å²) < 4.78 is 0. The number of hydrogen-bond acceptors (Lipinski definition) is 3. The minimum absolute atomic E-state index is 0.138. The molecule has 0 saturated heterocycles. The molecular formula is C9H12N2O2. The number of benzene rings is 1. The standard InChI is InChI=1S/C9H12N2O2/c1-3-10-9-5-4-8(11(12)13)6-7(9)2/h4-6,10H,3H2,1-2H3. The third-order valence-corrected chi connectivity index (χ3v) is 1.79. The van der Waals surface area contributed by atoms with Crippen molar-refractivity contribution in [2.45, 2.75) is 13.8 Å². The molecule has 0 heterocycles. The smallest absolute Gasteiger partial charge is 0.269 e. The maximum atomic E-state index is 10.4. The van der Waals surface area contributed by atoms with Crippen LogP contribution in [0, 0.1) is 17.0 Å². The summed E-state index contributed by atoms with van der Waals surface area (Å²) in [6.07, 6.45) is 0. The van der Waals surface area contributed by atoms with Gasteiger partial charge in [0.2, 0.25) is 0 Å². The van der Waals surface area contributed by atoms with Gasteiger partial charge in [-0.2, -0.15) is 0 Å². The van der Waals surface area contributed by atoms with Gasteiger partial charge in [0.15, 0.2) is 0 Å². The Hall–Kier alpha value is -1.58. The Morgan fingerprint density at radius 2 is 2.23 bits per heavy atom. The highest BCUT2D eigenvalue weighted by Crippen LogP contribution is 2.20. The van der Waals surface area contributed by atoms with Crippen LogP contribution in [0.15, 0.2) is 18.2 Å². The minimum Gasteiger partial charge on any atom is -0.385 e. The molecule has 0 aromatic heterocycles. The fraction of sp³-hybridized carbons (Fsp3) is 0.333. The van der Waals surface area contributed by atoms with Crippen LogP contribution in [0.3, 0.4) is 0 Å². The van der Waals surface area contributed by atoms with Crippen LogP contribution in [0.2, 0.25) is 0 Å². The highest BCUT2D eigenvalue weighted by molar-refractivity contribution is 5.55. The monoisotopic (exact) mass is 180 g/mol. The highest BCUT2D eigenvalue weighted by atomic mass is 16.6. The van der Waals surface area contributed by atoms with E-state index in [-0.39, 0.29) is 10.6 Å². The first-order valence-corrected chi connectivity index (χ1v) is 4.14. The van der Waals surface area contributed by atoms with Gasteiger partial charge in [-0.3, -0.25) is 10.1 Å². The van der Waals surface area contributed by atoms with Crippen molar-refractivity contribution >= 4 is 11.4 Å². The molecule has 0 saturated carbocycles. The van der Waals surface area contributed by atoms with E-state index in [1.165, 1.54) is 6.07 Å². The zero-order chi connectivity index (χ0) is 9.84. The molecule has 1 N–H and O–H groups in total. The van der Waals surface area contributed by atoms with Crippen LogP contribution in [-0.2, 0) is 0 Å². The zero-order valence-corrected chi connectivity index (χ0v) is 7.70. The Kier molecular flexibility index (Phi) is 2.84. The maximum Gasteiger partial charge on any atom is 0.269 e. The van der Waals surface area contributed by atoms with Crippen LogP contribution in [0.25, 0.3) is 0 Å². The first kappa shape index (κ1) is 9.51. The fourth-order valence-corrected chi connectivity index (χ4v) is 1.15. The number of nitrogens with one attached hydrogen (secondary N) is 1. The van der Waals surface area contributed by atoms with Crippen LogP contribution in [-0.4, -0.2) is 11.5 Å².